The third-order valence-electron chi connectivity index (χ3n) is 4.91. The molecule has 0 unspecified atom stereocenters. The van der Waals surface area contributed by atoms with E-state index in [4.69, 9.17) is 5.73 Å². The molecular formula is C19H23IN2O. The summed E-state index contributed by atoms with van der Waals surface area (Å²) in [5.41, 5.74) is 6.76. The van der Waals surface area contributed by atoms with E-state index in [1.54, 1.807) is 0 Å². The van der Waals surface area contributed by atoms with E-state index >= 15 is 0 Å². The first-order valence-corrected chi connectivity index (χ1v) is 9.28. The van der Waals surface area contributed by atoms with Crippen LogP contribution in [0, 0.1) is 11.8 Å². The lowest BCUT2D eigenvalue weighted by atomic mass is 9.80. The summed E-state index contributed by atoms with van der Waals surface area (Å²) in [5, 5.41) is 0. The molecule has 0 atom stereocenters. The monoisotopic (exact) mass is 422 g/mol. The van der Waals surface area contributed by atoms with Gasteiger partial charge in [0.25, 0.3) is 0 Å². The van der Waals surface area contributed by atoms with Gasteiger partial charge in [-0.05, 0) is 37.4 Å². The molecule has 0 aromatic heterocycles. The van der Waals surface area contributed by atoms with E-state index in [-0.39, 0.29) is 15.2 Å². The number of nitrogens with two attached hydrogens (primary N) is 1. The number of carbonyl (C=O) groups is 1. The van der Waals surface area contributed by atoms with Crippen LogP contribution in [0.5, 0.6) is 0 Å². The van der Waals surface area contributed by atoms with E-state index in [0.717, 1.165) is 19.6 Å². The predicted molar refractivity (Wildman–Crippen MR) is 102 cm³/mol. The summed E-state index contributed by atoms with van der Waals surface area (Å²) >= 11 is 2.53. The van der Waals surface area contributed by atoms with E-state index in [2.05, 4.69) is 70.0 Å². The van der Waals surface area contributed by atoms with Crippen molar-refractivity contribution in [2.24, 2.45) is 17.6 Å². The fourth-order valence-corrected chi connectivity index (χ4v) is 4.50. The molecule has 1 aromatic rings. The van der Waals surface area contributed by atoms with Crippen LogP contribution >= 0.6 is 22.6 Å². The van der Waals surface area contributed by atoms with Crippen LogP contribution in [0.15, 0.2) is 54.6 Å². The number of hydrogen-bond acceptors (Lipinski definition) is 2. The number of carbonyl (C=O) groups excluding carboxylic acids is 1. The van der Waals surface area contributed by atoms with E-state index in [1.807, 2.05) is 12.2 Å². The van der Waals surface area contributed by atoms with Crippen molar-refractivity contribution in [3.8, 4) is 0 Å². The van der Waals surface area contributed by atoms with Crippen molar-refractivity contribution in [2.75, 3.05) is 13.1 Å². The zero-order valence-electron chi connectivity index (χ0n) is 13.2. The number of hydrogen-bond donors (Lipinski definition) is 1. The van der Waals surface area contributed by atoms with Crippen molar-refractivity contribution >= 4 is 28.5 Å². The van der Waals surface area contributed by atoms with Crippen LogP contribution in [0.4, 0.5) is 0 Å². The van der Waals surface area contributed by atoms with Gasteiger partial charge in [-0.1, -0.05) is 77.2 Å². The predicted octanol–water partition coefficient (Wildman–Crippen LogP) is 3.30. The second-order valence-corrected chi connectivity index (χ2v) is 8.38. The summed E-state index contributed by atoms with van der Waals surface area (Å²) in [6.07, 6.45) is 10.7. The molecule has 0 radical (unpaired) electrons. The van der Waals surface area contributed by atoms with Gasteiger partial charge in [0.15, 0.2) is 0 Å². The average Bonchev–Trinajstić information content (AvgIpc) is 2.57. The molecule has 0 saturated carbocycles. The van der Waals surface area contributed by atoms with Crippen molar-refractivity contribution in [3.05, 3.63) is 60.2 Å². The van der Waals surface area contributed by atoms with Gasteiger partial charge in [0.05, 0.1) is 9.34 Å². The largest absolute Gasteiger partial charge is 0.369 e. The molecule has 0 spiro atoms. The first-order chi connectivity index (χ1) is 11.1. The Hall–Kier alpha value is -1.14. The minimum atomic E-state index is -0.270. The van der Waals surface area contributed by atoms with Crippen molar-refractivity contribution < 1.29 is 4.79 Å². The Bertz CT molecular complexity index is 589. The van der Waals surface area contributed by atoms with Crippen molar-refractivity contribution in [1.29, 1.82) is 0 Å². The Morgan fingerprint density at radius 3 is 2.35 bits per heavy atom. The first-order valence-electron chi connectivity index (χ1n) is 8.20. The quantitative estimate of drug-likeness (QED) is 0.460. The Balaban J connectivity index is 1.56. The maximum Gasteiger partial charge on any atom is 0.228 e. The summed E-state index contributed by atoms with van der Waals surface area (Å²) in [5.74, 6) is 0.112. The molecular weight excluding hydrogens is 399 g/mol. The van der Waals surface area contributed by atoms with E-state index in [1.165, 1.54) is 18.4 Å². The Labute approximate surface area is 151 Å². The number of amides is 1. The number of likely N-dealkylation sites (tertiary alicyclic amines) is 1. The lowest BCUT2D eigenvalue weighted by Crippen LogP contribution is -2.40. The molecule has 2 aliphatic rings. The number of primary amides is 1. The molecule has 1 amide bonds. The van der Waals surface area contributed by atoms with Gasteiger partial charge in [0.2, 0.25) is 5.91 Å². The standard InChI is InChI=1S/C19H23IN2O/c20-19(10-6-16(7-11-19)18(21)23)17-8-12-22(13-9-17)14-15-4-2-1-3-5-15/h1-7,10-11,16-17H,8-9,12-14H2,(H2,21,23). The maximum atomic E-state index is 11.3. The van der Waals surface area contributed by atoms with Crippen molar-refractivity contribution in [2.45, 2.75) is 22.8 Å². The van der Waals surface area contributed by atoms with Crippen LogP contribution in [0.2, 0.25) is 0 Å². The van der Waals surface area contributed by atoms with E-state index in [0.29, 0.717) is 5.92 Å². The van der Waals surface area contributed by atoms with Gasteiger partial charge >= 0.3 is 0 Å². The van der Waals surface area contributed by atoms with Crippen LogP contribution in [0.25, 0.3) is 0 Å². The number of piperidine rings is 1. The summed E-state index contributed by atoms with van der Waals surface area (Å²) in [4.78, 5) is 13.8. The third kappa shape index (κ3) is 4.04. The summed E-state index contributed by atoms with van der Waals surface area (Å²) in [6.45, 7) is 3.30. The highest BCUT2D eigenvalue weighted by atomic mass is 127. The van der Waals surface area contributed by atoms with Gasteiger partial charge in [0, 0.05) is 6.54 Å². The smallest absolute Gasteiger partial charge is 0.228 e. The molecule has 1 aromatic carbocycles. The van der Waals surface area contributed by atoms with Crippen molar-refractivity contribution in [1.82, 2.24) is 4.90 Å². The van der Waals surface area contributed by atoms with Crippen LogP contribution in [0.1, 0.15) is 18.4 Å². The summed E-state index contributed by atoms with van der Waals surface area (Å²) in [6, 6.07) is 10.7. The highest BCUT2D eigenvalue weighted by molar-refractivity contribution is 14.1. The Morgan fingerprint density at radius 1 is 1.17 bits per heavy atom. The number of allylic oxidation sites excluding steroid dienone is 2. The van der Waals surface area contributed by atoms with E-state index < -0.39 is 0 Å². The molecule has 1 saturated heterocycles. The topological polar surface area (TPSA) is 46.3 Å². The van der Waals surface area contributed by atoms with Crippen LogP contribution < -0.4 is 5.73 Å². The van der Waals surface area contributed by atoms with Gasteiger partial charge in [-0.2, -0.15) is 0 Å². The fraction of sp³-hybridized carbons (Fsp3) is 0.421. The molecule has 3 rings (SSSR count). The highest BCUT2D eigenvalue weighted by Gasteiger charge is 2.36. The van der Waals surface area contributed by atoms with Gasteiger partial charge in [-0.15, -0.1) is 0 Å². The lowest BCUT2D eigenvalue weighted by Gasteiger charge is -2.39. The van der Waals surface area contributed by atoms with Gasteiger partial charge in [0.1, 0.15) is 0 Å². The molecule has 1 aliphatic heterocycles. The number of alkyl halides is 1. The lowest BCUT2D eigenvalue weighted by molar-refractivity contribution is -0.119. The minimum Gasteiger partial charge on any atom is -0.369 e. The summed E-state index contributed by atoms with van der Waals surface area (Å²) < 4.78 is 0.0303. The molecule has 23 heavy (non-hydrogen) atoms. The second kappa shape index (κ2) is 7.18. The zero-order chi connectivity index (χ0) is 16.3. The Morgan fingerprint density at radius 2 is 1.78 bits per heavy atom. The molecule has 4 heteroatoms. The normalized spacial score (nSPS) is 28.8. The molecule has 3 nitrogen and oxygen atoms in total. The third-order valence-corrected chi connectivity index (χ3v) is 6.51. The van der Waals surface area contributed by atoms with Crippen molar-refractivity contribution in [3.63, 3.8) is 0 Å². The molecule has 2 N–H and O–H groups in total. The second-order valence-electron chi connectivity index (χ2n) is 6.51. The number of benzene rings is 1. The zero-order valence-corrected chi connectivity index (χ0v) is 15.4. The van der Waals surface area contributed by atoms with E-state index in [9.17, 15) is 4.79 Å². The van der Waals surface area contributed by atoms with Crippen LogP contribution in [0.3, 0.4) is 0 Å². The van der Waals surface area contributed by atoms with Crippen LogP contribution in [-0.4, -0.2) is 27.3 Å². The molecule has 1 heterocycles. The fourth-order valence-electron chi connectivity index (χ4n) is 3.46. The SMILES string of the molecule is NC(=O)C1C=CC(I)(C2CCN(Cc3ccccc3)CC2)C=C1. The molecule has 0 bridgehead atoms. The highest BCUT2D eigenvalue weighted by Crippen LogP contribution is 2.41. The van der Waals surface area contributed by atoms with Gasteiger partial charge < -0.3 is 5.73 Å². The van der Waals surface area contributed by atoms with Gasteiger partial charge in [-0.3, -0.25) is 9.69 Å². The minimum absolute atomic E-state index is 0.0303. The maximum absolute atomic E-state index is 11.3. The van der Waals surface area contributed by atoms with Crippen LogP contribution in [-0.2, 0) is 11.3 Å². The molecule has 122 valence electrons. The number of rotatable bonds is 4. The van der Waals surface area contributed by atoms with Gasteiger partial charge in [-0.25, -0.2) is 0 Å². The summed E-state index contributed by atoms with van der Waals surface area (Å²) in [7, 11) is 0. The Kier molecular flexibility index (Phi) is 5.21. The first kappa shape index (κ1) is 16.7. The number of halogens is 1. The number of nitrogens with zero attached hydrogens (tertiary/aromatic N) is 1. The molecule has 1 aliphatic carbocycles. The average molecular weight is 422 g/mol. The molecule has 1 fully saturated rings.